The molecule has 0 amide bonds. The zero-order valence-corrected chi connectivity index (χ0v) is 12.4. The Labute approximate surface area is 126 Å². The number of pyridine rings is 1. The number of hydrogen-bond acceptors (Lipinski definition) is 4. The van der Waals surface area contributed by atoms with Crippen molar-refractivity contribution >= 4 is 26.7 Å². The number of aromatic amines is 1. The number of aromatic nitrogens is 2. The summed E-state index contributed by atoms with van der Waals surface area (Å²) in [6.07, 6.45) is 2.83. The summed E-state index contributed by atoms with van der Waals surface area (Å²) in [4.78, 5) is 17.8. The molecule has 0 bridgehead atoms. The van der Waals surface area contributed by atoms with E-state index in [0.717, 1.165) is 0 Å². The number of rotatable bonds is 3. The second kappa shape index (κ2) is 4.96. The summed E-state index contributed by atoms with van der Waals surface area (Å²) in [5.74, 6) is -1.33. The van der Waals surface area contributed by atoms with E-state index in [1.807, 2.05) is 0 Å². The van der Waals surface area contributed by atoms with Crippen molar-refractivity contribution in [3.05, 3.63) is 54.0 Å². The van der Waals surface area contributed by atoms with Crippen LogP contribution in [0.5, 0.6) is 0 Å². The first-order valence-electron chi connectivity index (χ1n) is 6.42. The van der Waals surface area contributed by atoms with E-state index in [9.17, 15) is 18.3 Å². The predicted octanol–water partition coefficient (Wildman–Crippen LogP) is 2.40. The quantitative estimate of drug-likeness (QED) is 0.773. The molecule has 2 N–H and O–H groups in total. The number of carboxylic acid groups (broad SMARTS) is 1. The fourth-order valence-corrected chi connectivity index (χ4v) is 4.26. The molecule has 112 valence electrons. The molecule has 0 aliphatic carbocycles. The molecule has 0 fully saturated rings. The first-order valence-corrected chi connectivity index (χ1v) is 7.91. The van der Waals surface area contributed by atoms with Gasteiger partial charge in [-0.15, -0.1) is 0 Å². The van der Waals surface area contributed by atoms with Crippen LogP contribution < -0.4 is 0 Å². The van der Waals surface area contributed by atoms with Gasteiger partial charge in [0.25, 0.3) is 0 Å². The number of aryl methyl sites for hydroxylation is 1. The summed E-state index contributed by atoms with van der Waals surface area (Å²) in [7, 11) is -3.97. The fraction of sp³-hybridized carbons (Fsp3) is 0.0667. The monoisotopic (exact) mass is 316 g/mol. The van der Waals surface area contributed by atoms with Crippen LogP contribution >= 0.6 is 0 Å². The maximum absolute atomic E-state index is 13.0. The van der Waals surface area contributed by atoms with Crippen molar-refractivity contribution in [3.63, 3.8) is 0 Å². The van der Waals surface area contributed by atoms with E-state index in [-0.39, 0.29) is 15.5 Å². The third-order valence-electron chi connectivity index (χ3n) is 3.42. The van der Waals surface area contributed by atoms with Crippen molar-refractivity contribution in [2.24, 2.45) is 0 Å². The Kier molecular flexibility index (Phi) is 3.22. The van der Waals surface area contributed by atoms with E-state index in [4.69, 9.17) is 0 Å². The Morgan fingerprint density at radius 2 is 1.95 bits per heavy atom. The highest BCUT2D eigenvalue weighted by atomic mass is 32.2. The molecular weight excluding hydrogens is 304 g/mol. The summed E-state index contributed by atoms with van der Waals surface area (Å²) in [5.41, 5.74) is 0.570. The summed E-state index contributed by atoms with van der Waals surface area (Å²) >= 11 is 0. The van der Waals surface area contributed by atoms with Crippen molar-refractivity contribution in [3.8, 4) is 0 Å². The largest absolute Gasteiger partial charge is 0.477 e. The van der Waals surface area contributed by atoms with Gasteiger partial charge in [0.15, 0.2) is 0 Å². The molecule has 2 aromatic heterocycles. The molecule has 0 saturated heterocycles. The average Bonchev–Trinajstić information content (AvgIpc) is 2.88. The molecule has 2 heterocycles. The Morgan fingerprint density at radius 1 is 1.23 bits per heavy atom. The number of hydrogen-bond donors (Lipinski definition) is 2. The Hall–Kier alpha value is -2.67. The maximum Gasteiger partial charge on any atom is 0.353 e. The highest BCUT2D eigenvalue weighted by molar-refractivity contribution is 7.91. The summed E-state index contributed by atoms with van der Waals surface area (Å²) in [6.45, 7) is 1.67. The second-order valence-electron chi connectivity index (χ2n) is 4.82. The summed E-state index contributed by atoms with van der Waals surface area (Å²) < 4.78 is 25.9. The van der Waals surface area contributed by atoms with Gasteiger partial charge in [0.2, 0.25) is 9.84 Å². The summed E-state index contributed by atoms with van der Waals surface area (Å²) in [5, 5.41) is 9.65. The number of benzene rings is 1. The van der Waals surface area contributed by atoms with Gasteiger partial charge in [-0.25, -0.2) is 13.2 Å². The second-order valence-corrected chi connectivity index (χ2v) is 6.68. The standard InChI is InChI=1S/C15H12N2O4S/c1-9-4-2-3-5-12(9)22(20,21)14-10-6-7-16-8-11(10)17-13(14)15(18)19/h2-8,17H,1H3,(H,18,19). The molecule has 0 saturated carbocycles. The SMILES string of the molecule is Cc1ccccc1S(=O)(=O)c1c(C(=O)O)[nH]c2cnccc12. The minimum atomic E-state index is -3.97. The van der Waals surface area contributed by atoms with Crippen LogP contribution in [0.4, 0.5) is 0 Å². The van der Waals surface area contributed by atoms with Gasteiger partial charge in [0.1, 0.15) is 10.6 Å². The van der Waals surface area contributed by atoms with Crippen LogP contribution in [0.15, 0.2) is 52.5 Å². The lowest BCUT2D eigenvalue weighted by molar-refractivity contribution is 0.0687. The van der Waals surface area contributed by atoms with Crippen molar-refractivity contribution in [1.82, 2.24) is 9.97 Å². The molecule has 0 unspecified atom stereocenters. The number of sulfone groups is 1. The molecule has 0 atom stereocenters. The third kappa shape index (κ3) is 2.06. The van der Waals surface area contributed by atoms with Crippen molar-refractivity contribution in [2.75, 3.05) is 0 Å². The molecular formula is C15H12N2O4S. The first kappa shape index (κ1) is 14.3. The van der Waals surface area contributed by atoms with E-state index >= 15 is 0 Å². The lowest BCUT2D eigenvalue weighted by atomic mass is 10.2. The number of H-pyrrole nitrogens is 1. The number of carbonyl (C=O) groups is 1. The Balaban J connectivity index is 2.41. The minimum Gasteiger partial charge on any atom is -0.477 e. The van der Waals surface area contributed by atoms with Crippen LogP contribution in [0.2, 0.25) is 0 Å². The van der Waals surface area contributed by atoms with E-state index in [1.54, 1.807) is 25.1 Å². The van der Waals surface area contributed by atoms with Crippen molar-refractivity contribution in [1.29, 1.82) is 0 Å². The van der Waals surface area contributed by atoms with Crippen LogP contribution in [-0.2, 0) is 9.84 Å². The van der Waals surface area contributed by atoms with E-state index in [0.29, 0.717) is 16.5 Å². The van der Waals surface area contributed by atoms with Crippen LogP contribution in [0, 0.1) is 6.92 Å². The van der Waals surface area contributed by atoms with Gasteiger partial charge in [-0.05, 0) is 24.6 Å². The van der Waals surface area contributed by atoms with Crippen molar-refractivity contribution in [2.45, 2.75) is 16.7 Å². The Bertz CT molecular complexity index is 990. The normalized spacial score (nSPS) is 11.7. The third-order valence-corrected chi connectivity index (χ3v) is 5.42. The van der Waals surface area contributed by atoms with E-state index in [2.05, 4.69) is 9.97 Å². The van der Waals surface area contributed by atoms with Gasteiger partial charge < -0.3 is 10.1 Å². The van der Waals surface area contributed by atoms with Crippen molar-refractivity contribution < 1.29 is 18.3 Å². The molecule has 7 heteroatoms. The van der Waals surface area contributed by atoms with Gasteiger partial charge in [0.05, 0.1) is 16.6 Å². The molecule has 0 aliphatic rings. The lowest BCUT2D eigenvalue weighted by Crippen LogP contribution is -2.09. The number of nitrogens with one attached hydrogen (secondary N) is 1. The van der Waals surface area contributed by atoms with E-state index in [1.165, 1.54) is 24.5 Å². The van der Waals surface area contributed by atoms with Gasteiger partial charge >= 0.3 is 5.97 Å². The topological polar surface area (TPSA) is 100 Å². The predicted molar refractivity (Wildman–Crippen MR) is 79.7 cm³/mol. The van der Waals surface area contributed by atoms with Gasteiger partial charge in [-0.1, -0.05) is 18.2 Å². The van der Waals surface area contributed by atoms with E-state index < -0.39 is 15.8 Å². The number of nitrogens with zero attached hydrogens (tertiary/aromatic N) is 1. The first-order chi connectivity index (χ1) is 10.4. The van der Waals surface area contributed by atoms with Crippen LogP contribution in [0.1, 0.15) is 16.1 Å². The molecule has 6 nitrogen and oxygen atoms in total. The van der Waals surface area contributed by atoms with Gasteiger partial charge in [0, 0.05) is 11.6 Å². The number of aromatic carboxylic acids is 1. The molecule has 22 heavy (non-hydrogen) atoms. The zero-order valence-electron chi connectivity index (χ0n) is 11.6. The smallest absolute Gasteiger partial charge is 0.353 e. The molecule has 1 aromatic carbocycles. The minimum absolute atomic E-state index is 0.0928. The maximum atomic E-state index is 13.0. The highest BCUT2D eigenvalue weighted by Crippen LogP contribution is 2.32. The average molecular weight is 316 g/mol. The molecule has 3 aromatic rings. The molecule has 0 aliphatic heterocycles. The van der Waals surface area contributed by atoms with Gasteiger partial charge in [-0.2, -0.15) is 0 Å². The van der Waals surface area contributed by atoms with Crippen LogP contribution in [0.25, 0.3) is 10.9 Å². The van der Waals surface area contributed by atoms with Crippen LogP contribution in [0.3, 0.4) is 0 Å². The highest BCUT2D eigenvalue weighted by Gasteiger charge is 2.30. The number of fused-ring (bicyclic) bond motifs is 1. The zero-order chi connectivity index (χ0) is 15.9. The summed E-state index contributed by atoms with van der Waals surface area (Å²) in [6, 6.07) is 7.96. The molecule has 0 radical (unpaired) electrons. The Morgan fingerprint density at radius 3 is 2.64 bits per heavy atom. The number of carboxylic acids is 1. The van der Waals surface area contributed by atoms with Gasteiger partial charge in [-0.3, -0.25) is 4.98 Å². The fourth-order valence-electron chi connectivity index (χ4n) is 2.42. The molecule has 0 spiro atoms. The molecule has 3 rings (SSSR count). The lowest BCUT2D eigenvalue weighted by Gasteiger charge is -2.07. The van der Waals surface area contributed by atoms with Crippen LogP contribution in [-0.4, -0.2) is 29.5 Å².